The summed E-state index contributed by atoms with van der Waals surface area (Å²) < 4.78 is 12.5. The summed E-state index contributed by atoms with van der Waals surface area (Å²) in [5.41, 5.74) is 4.18. The molecule has 1 N–H and O–H groups in total. The molecule has 0 spiro atoms. The number of hydrogen-bond acceptors (Lipinski definition) is 7. The van der Waals surface area contributed by atoms with E-state index in [1.165, 1.54) is 22.0 Å². The van der Waals surface area contributed by atoms with Gasteiger partial charge in [-0.05, 0) is 61.4 Å². The largest absolute Gasteiger partial charge is 0.493 e. The molecule has 0 saturated carbocycles. The third-order valence-electron chi connectivity index (χ3n) is 5.60. The number of benzene rings is 1. The van der Waals surface area contributed by atoms with Crippen molar-refractivity contribution in [3.05, 3.63) is 50.9 Å². The summed E-state index contributed by atoms with van der Waals surface area (Å²) in [6.45, 7) is 2.59. The van der Waals surface area contributed by atoms with E-state index in [9.17, 15) is 9.59 Å². The van der Waals surface area contributed by atoms with Gasteiger partial charge in [0.05, 0.1) is 31.6 Å². The number of ether oxygens (including phenoxy) is 2. The molecule has 0 radical (unpaired) electrons. The molecule has 0 saturated heterocycles. The Labute approximate surface area is 196 Å². The number of aryl methyl sites for hydroxylation is 2. The third-order valence-corrected chi connectivity index (χ3v) is 6.80. The highest BCUT2D eigenvalue weighted by atomic mass is 32.1. The van der Waals surface area contributed by atoms with Gasteiger partial charge in [0, 0.05) is 4.88 Å². The predicted octanol–water partition coefficient (Wildman–Crippen LogP) is 3.67. The number of fused-ring (bicyclic) bond motifs is 3. The standard InChI is InChI=1S/C24H28N4O4S/c1-3-4-11-32-18-10-9-16(12-19(18)31-2)13-26-27-21(29)14-28-15-25-23-22(24(28)30)17-7-5-6-8-20(17)33-23/h9-10,12-13,15H,3-8,11,14H2,1-2H3,(H,27,29). The van der Waals surface area contributed by atoms with Gasteiger partial charge in [-0.2, -0.15) is 5.10 Å². The Kier molecular flexibility index (Phi) is 7.39. The smallest absolute Gasteiger partial charge is 0.262 e. The maximum absolute atomic E-state index is 13.0. The fraction of sp³-hybridized carbons (Fsp3) is 0.417. The van der Waals surface area contributed by atoms with Crippen molar-refractivity contribution in [1.29, 1.82) is 0 Å². The van der Waals surface area contributed by atoms with Gasteiger partial charge in [0.1, 0.15) is 11.4 Å². The number of methoxy groups -OCH3 is 1. The van der Waals surface area contributed by atoms with E-state index in [1.807, 2.05) is 12.1 Å². The molecular formula is C24H28N4O4S. The van der Waals surface area contributed by atoms with E-state index in [1.54, 1.807) is 24.5 Å². The van der Waals surface area contributed by atoms with Crippen molar-refractivity contribution in [2.45, 2.75) is 52.0 Å². The minimum absolute atomic E-state index is 0.142. The number of unbranched alkanes of at least 4 members (excludes halogenated alkanes) is 1. The van der Waals surface area contributed by atoms with Crippen molar-refractivity contribution in [3.8, 4) is 11.5 Å². The fourth-order valence-corrected chi connectivity index (χ4v) is 5.09. The number of thiophene rings is 1. The maximum Gasteiger partial charge on any atom is 0.262 e. The van der Waals surface area contributed by atoms with E-state index in [-0.39, 0.29) is 12.1 Å². The summed E-state index contributed by atoms with van der Waals surface area (Å²) in [5, 5.41) is 4.68. The second kappa shape index (κ2) is 10.6. The predicted molar refractivity (Wildman–Crippen MR) is 130 cm³/mol. The first-order valence-electron chi connectivity index (χ1n) is 11.2. The molecule has 1 aliphatic carbocycles. The molecule has 33 heavy (non-hydrogen) atoms. The number of hydrazone groups is 1. The van der Waals surface area contributed by atoms with Crippen LogP contribution in [0.2, 0.25) is 0 Å². The topological polar surface area (TPSA) is 94.8 Å². The van der Waals surface area contributed by atoms with Crippen molar-refractivity contribution < 1.29 is 14.3 Å². The molecule has 1 amide bonds. The molecule has 3 aromatic rings. The van der Waals surface area contributed by atoms with Crippen LogP contribution >= 0.6 is 11.3 Å². The van der Waals surface area contributed by atoms with Crippen LogP contribution in [-0.2, 0) is 24.2 Å². The minimum atomic E-state index is -0.398. The first-order valence-corrected chi connectivity index (χ1v) is 12.0. The maximum atomic E-state index is 13.0. The van der Waals surface area contributed by atoms with Crippen molar-refractivity contribution in [1.82, 2.24) is 15.0 Å². The first kappa shape index (κ1) is 23.0. The number of amides is 1. The summed E-state index contributed by atoms with van der Waals surface area (Å²) in [5.74, 6) is 0.876. The lowest BCUT2D eigenvalue weighted by Crippen LogP contribution is -2.30. The van der Waals surface area contributed by atoms with E-state index < -0.39 is 5.91 Å². The summed E-state index contributed by atoms with van der Waals surface area (Å²) in [4.78, 5) is 31.8. The minimum Gasteiger partial charge on any atom is -0.493 e. The highest BCUT2D eigenvalue weighted by Crippen LogP contribution is 2.33. The molecule has 2 heterocycles. The van der Waals surface area contributed by atoms with Crippen molar-refractivity contribution >= 4 is 33.7 Å². The zero-order valence-corrected chi connectivity index (χ0v) is 19.7. The fourth-order valence-electron chi connectivity index (χ4n) is 3.87. The number of carbonyl (C=O) groups is 1. The molecule has 0 fully saturated rings. The van der Waals surface area contributed by atoms with E-state index in [4.69, 9.17) is 9.47 Å². The molecular weight excluding hydrogens is 440 g/mol. The Morgan fingerprint density at radius 3 is 2.97 bits per heavy atom. The lowest BCUT2D eigenvalue weighted by atomic mass is 9.97. The van der Waals surface area contributed by atoms with Crippen LogP contribution in [0.25, 0.3) is 10.2 Å². The van der Waals surface area contributed by atoms with Crippen molar-refractivity contribution in [2.75, 3.05) is 13.7 Å². The molecule has 0 atom stereocenters. The van der Waals surface area contributed by atoms with Gasteiger partial charge in [0.25, 0.3) is 11.5 Å². The Hall–Kier alpha value is -3.20. The highest BCUT2D eigenvalue weighted by molar-refractivity contribution is 7.18. The Morgan fingerprint density at radius 1 is 1.30 bits per heavy atom. The molecule has 1 aromatic carbocycles. The van der Waals surface area contributed by atoms with E-state index >= 15 is 0 Å². The molecule has 0 aliphatic heterocycles. The van der Waals surface area contributed by atoms with Crippen LogP contribution in [0.3, 0.4) is 0 Å². The number of hydrogen-bond donors (Lipinski definition) is 1. The van der Waals surface area contributed by atoms with Gasteiger partial charge in [-0.3, -0.25) is 14.2 Å². The van der Waals surface area contributed by atoms with E-state index in [2.05, 4.69) is 22.4 Å². The third kappa shape index (κ3) is 5.24. The van der Waals surface area contributed by atoms with Gasteiger partial charge in [-0.25, -0.2) is 10.4 Å². The molecule has 1 aliphatic rings. The molecule has 8 nitrogen and oxygen atoms in total. The summed E-state index contributed by atoms with van der Waals surface area (Å²) in [6, 6.07) is 5.44. The van der Waals surface area contributed by atoms with Gasteiger partial charge < -0.3 is 9.47 Å². The number of nitrogens with zero attached hydrogens (tertiary/aromatic N) is 3. The average Bonchev–Trinajstić information content (AvgIpc) is 3.21. The number of rotatable bonds is 9. The monoisotopic (exact) mass is 468 g/mol. The highest BCUT2D eigenvalue weighted by Gasteiger charge is 2.20. The van der Waals surface area contributed by atoms with Crippen LogP contribution in [0.15, 0.2) is 34.4 Å². The number of nitrogens with one attached hydrogen (secondary N) is 1. The Balaban J connectivity index is 1.41. The lowest BCUT2D eigenvalue weighted by Gasteiger charge is -2.11. The Bertz CT molecular complexity index is 1230. The van der Waals surface area contributed by atoms with Crippen molar-refractivity contribution in [3.63, 3.8) is 0 Å². The van der Waals surface area contributed by atoms with Gasteiger partial charge >= 0.3 is 0 Å². The average molecular weight is 469 g/mol. The number of carbonyl (C=O) groups excluding carboxylic acids is 1. The van der Waals surface area contributed by atoms with Crippen LogP contribution in [0.5, 0.6) is 11.5 Å². The lowest BCUT2D eigenvalue weighted by molar-refractivity contribution is -0.121. The molecule has 2 aromatic heterocycles. The van der Waals surface area contributed by atoms with Crippen LogP contribution in [-0.4, -0.2) is 35.4 Å². The quantitative estimate of drug-likeness (QED) is 0.294. The normalized spacial score (nSPS) is 13.3. The van der Waals surface area contributed by atoms with Crippen LogP contribution in [0.4, 0.5) is 0 Å². The molecule has 4 rings (SSSR count). The van der Waals surface area contributed by atoms with E-state index in [0.717, 1.165) is 54.5 Å². The zero-order chi connectivity index (χ0) is 23.2. The summed E-state index contributed by atoms with van der Waals surface area (Å²) in [6.07, 6.45) is 9.12. The molecule has 9 heteroatoms. The summed E-state index contributed by atoms with van der Waals surface area (Å²) >= 11 is 1.59. The van der Waals surface area contributed by atoms with Gasteiger partial charge in [0.15, 0.2) is 11.5 Å². The van der Waals surface area contributed by atoms with Gasteiger partial charge in [0.2, 0.25) is 0 Å². The second-order valence-corrected chi connectivity index (χ2v) is 9.06. The first-order chi connectivity index (χ1) is 16.1. The van der Waals surface area contributed by atoms with Gasteiger partial charge in [-0.1, -0.05) is 13.3 Å². The second-order valence-electron chi connectivity index (χ2n) is 7.97. The van der Waals surface area contributed by atoms with Crippen LogP contribution in [0, 0.1) is 0 Å². The Morgan fingerprint density at radius 2 is 2.15 bits per heavy atom. The summed E-state index contributed by atoms with van der Waals surface area (Å²) in [7, 11) is 1.58. The molecule has 0 bridgehead atoms. The molecule has 0 unspecified atom stereocenters. The van der Waals surface area contributed by atoms with Crippen LogP contribution < -0.4 is 20.5 Å². The molecule has 174 valence electrons. The van der Waals surface area contributed by atoms with Crippen molar-refractivity contribution in [2.24, 2.45) is 5.10 Å². The zero-order valence-electron chi connectivity index (χ0n) is 18.9. The van der Waals surface area contributed by atoms with Gasteiger partial charge in [-0.15, -0.1) is 11.3 Å². The number of aromatic nitrogens is 2. The van der Waals surface area contributed by atoms with E-state index in [0.29, 0.717) is 23.5 Å². The van der Waals surface area contributed by atoms with Crippen LogP contribution in [0.1, 0.15) is 48.6 Å². The SMILES string of the molecule is CCCCOc1ccc(C=NNC(=O)Cn2cnc3sc4c(c3c2=O)CCCC4)cc1OC.